The Hall–Kier alpha value is -1.02. The number of hydrogen-bond donors (Lipinski definition) is 0. The number of nitriles is 2. The number of unbranched alkanes of at least 4 members (excludes halogenated alkanes) is 1. The Morgan fingerprint density at radius 3 is 2.67 bits per heavy atom. The summed E-state index contributed by atoms with van der Waals surface area (Å²) in [5, 5.41) is 16.4. The standard InChI is InChI=1S/C7H9N2/c1-7(6-9)4-2-3-5-8/h3,7H,2,4H2,1H3. The molecule has 0 heterocycles. The fraction of sp³-hybridized carbons (Fsp3) is 0.571. The third-order valence-corrected chi connectivity index (χ3v) is 1.06. The van der Waals surface area contributed by atoms with Crippen molar-refractivity contribution in [2.45, 2.75) is 19.8 Å². The molecule has 0 aliphatic heterocycles. The molecule has 2 heteroatoms. The predicted molar refractivity (Wildman–Crippen MR) is 33.9 cm³/mol. The van der Waals surface area contributed by atoms with Gasteiger partial charge in [-0.25, -0.2) is 0 Å². The average Bonchev–Trinajstić information content (AvgIpc) is 1.89. The predicted octanol–water partition coefficient (Wildman–Crippen LogP) is 1.65. The summed E-state index contributed by atoms with van der Waals surface area (Å²) >= 11 is 0. The van der Waals surface area contributed by atoms with Crippen molar-refractivity contribution in [2.24, 2.45) is 5.92 Å². The molecule has 1 radical (unpaired) electrons. The van der Waals surface area contributed by atoms with Gasteiger partial charge in [-0.2, -0.15) is 10.5 Å². The van der Waals surface area contributed by atoms with Crippen LogP contribution in [0.4, 0.5) is 0 Å². The molecule has 0 fully saturated rings. The molecule has 0 aromatic carbocycles. The Labute approximate surface area is 55.7 Å². The van der Waals surface area contributed by atoms with Gasteiger partial charge in [0.2, 0.25) is 0 Å². The molecular weight excluding hydrogens is 112 g/mol. The van der Waals surface area contributed by atoms with Crippen LogP contribution in [-0.4, -0.2) is 0 Å². The number of hydrogen-bond acceptors (Lipinski definition) is 2. The second-order valence-corrected chi connectivity index (χ2v) is 1.94. The summed E-state index contributed by atoms with van der Waals surface area (Å²) in [6.07, 6.45) is 3.04. The van der Waals surface area contributed by atoms with Crippen LogP contribution in [0.1, 0.15) is 19.8 Å². The second-order valence-electron chi connectivity index (χ2n) is 1.94. The summed E-state index contributed by atoms with van der Waals surface area (Å²) in [5.74, 6) is 0.0783. The van der Waals surface area contributed by atoms with Crippen molar-refractivity contribution in [3.05, 3.63) is 6.42 Å². The first-order chi connectivity index (χ1) is 4.31. The van der Waals surface area contributed by atoms with Crippen LogP contribution in [0.3, 0.4) is 0 Å². The zero-order valence-electron chi connectivity index (χ0n) is 5.46. The molecule has 0 aromatic heterocycles. The van der Waals surface area contributed by atoms with E-state index in [1.807, 2.05) is 13.0 Å². The first-order valence-electron chi connectivity index (χ1n) is 2.92. The van der Waals surface area contributed by atoms with E-state index < -0.39 is 0 Å². The third kappa shape index (κ3) is 4.84. The van der Waals surface area contributed by atoms with Crippen molar-refractivity contribution in [1.29, 1.82) is 10.5 Å². The maximum Gasteiger partial charge on any atom is 0.0669 e. The zero-order valence-corrected chi connectivity index (χ0v) is 5.46. The lowest BCUT2D eigenvalue weighted by Crippen LogP contribution is -1.88. The van der Waals surface area contributed by atoms with Crippen molar-refractivity contribution < 1.29 is 0 Å². The highest BCUT2D eigenvalue weighted by Gasteiger charge is 1.96. The van der Waals surface area contributed by atoms with Gasteiger partial charge >= 0.3 is 0 Å². The van der Waals surface area contributed by atoms with E-state index in [2.05, 4.69) is 6.07 Å². The molecule has 0 aromatic rings. The summed E-state index contributed by atoms with van der Waals surface area (Å²) < 4.78 is 0. The van der Waals surface area contributed by atoms with E-state index >= 15 is 0 Å². The zero-order chi connectivity index (χ0) is 7.11. The average molecular weight is 121 g/mol. The lowest BCUT2D eigenvalue weighted by molar-refractivity contribution is 0.661. The fourth-order valence-electron chi connectivity index (χ4n) is 0.462. The minimum Gasteiger partial charge on any atom is -0.198 e. The first-order valence-corrected chi connectivity index (χ1v) is 2.92. The van der Waals surface area contributed by atoms with Gasteiger partial charge < -0.3 is 0 Å². The maximum absolute atomic E-state index is 8.29. The van der Waals surface area contributed by atoms with E-state index in [1.165, 1.54) is 6.42 Å². The maximum atomic E-state index is 8.29. The highest BCUT2D eigenvalue weighted by Crippen LogP contribution is 2.03. The SMILES string of the molecule is CC(C#N)CC[CH]C#N. The molecule has 2 nitrogen and oxygen atoms in total. The van der Waals surface area contributed by atoms with Crippen LogP contribution in [0.5, 0.6) is 0 Å². The Balaban J connectivity index is 3.12. The van der Waals surface area contributed by atoms with Crippen LogP contribution in [0.2, 0.25) is 0 Å². The molecule has 0 saturated heterocycles. The van der Waals surface area contributed by atoms with E-state index in [-0.39, 0.29) is 5.92 Å². The van der Waals surface area contributed by atoms with Crippen LogP contribution in [0, 0.1) is 35.0 Å². The molecule has 0 aliphatic carbocycles. The molecule has 0 saturated carbocycles. The monoisotopic (exact) mass is 121 g/mol. The minimum atomic E-state index is 0.0783. The van der Waals surface area contributed by atoms with Crippen LogP contribution in [-0.2, 0) is 0 Å². The van der Waals surface area contributed by atoms with Crippen LogP contribution < -0.4 is 0 Å². The Morgan fingerprint density at radius 1 is 1.56 bits per heavy atom. The molecule has 1 atom stereocenters. The van der Waals surface area contributed by atoms with Gasteiger partial charge in [-0.05, 0) is 19.8 Å². The van der Waals surface area contributed by atoms with Crippen molar-refractivity contribution in [2.75, 3.05) is 0 Å². The fourth-order valence-corrected chi connectivity index (χ4v) is 0.462. The molecule has 47 valence electrons. The van der Waals surface area contributed by atoms with Gasteiger partial charge in [0.1, 0.15) is 0 Å². The highest BCUT2D eigenvalue weighted by atomic mass is 14.3. The molecule has 9 heavy (non-hydrogen) atoms. The van der Waals surface area contributed by atoms with Gasteiger partial charge in [-0.3, -0.25) is 0 Å². The van der Waals surface area contributed by atoms with Gasteiger partial charge in [0.05, 0.1) is 18.6 Å². The lowest BCUT2D eigenvalue weighted by Gasteiger charge is -1.95. The van der Waals surface area contributed by atoms with Gasteiger partial charge in [0.25, 0.3) is 0 Å². The summed E-state index contributed by atoms with van der Waals surface area (Å²) in [6.45, 7) is 1.85. The highest BCUT2D eigenvalue weighted by molar-refractivity contribution is 4.92. The normalized spacial score (nSPS) is 11.4. The van der Waals surface area contributed by atoms with Crippen LogP contribution >= 0.6 is 0 Å². The van der Waals surface area contributed by atoms with Crippen molar-refractivity contribution in [1.82, 2.24) is 0 Å². The Bertz CT molecular complexity index is 138. The smallest absolute Gasteiger partial charge is 0.0669 e. The number of nitrogens with zero attached hydrogens (tertiary/aromatic N) is 2. The summed E-state index contributed by atoms with van der Waals surface area (Å²) in [7, 11) is 0. The van der Waals surface area contributed by atoms with Gasteiger partial charge in [0, 0.05) is 5.92 Å². The molecule has 0 spiro atoms. The third-order valence-electron chi connectivity index (χ3n) is 1.06. The van der Waals surface area contributed by atoms with Crippen LogP contribution in [0.15, 0.2) is 0 Å². The van der Waals surface area contributed by atoms with Crippen molar-refractivity contribution in [3.8, 4) is 12.1 Å². The lowest BCUT2D eigenvalue weighted by atomic mass is 10.1. The van der Waals surface area contributed by atoms with E-state index in [0.717, 1.165) is 12.8 Å². The second kappa shape index (κ2) is 5.12. The van der Waals surface area contributed by atoms with E-state index in [4.69, 9.17) is 10.5 Å². The van der Waals surface area contributed by atoms with E-state index in [9.17, 15) is 0 Å². The summed E-state index contributed by atoms with van der Waals surface area (Å²) in [4.78, 5) is 0. The van der Waals surface area contributed by atoms with E-state index in [1.54, 1.807) is 0 Å². The summed E-state index contributed by atoms with van der Waals surface area (Å²) in [6, 6.07) is 4.01. The molecule has 0 bridgehead atoms. The number of rotatable bonds is 3. The summed E-state index contributed by atoms with van der Waals surface area (Å²) in [5.41, 5.74) is 0. The van der Waals surface area contributed by atoms with Gasteiger partial charge in [-0.1, -0.05) is 0 Å². The van der Waals surface area contributed by atoms with E-state index in [0.29, 0.717) is 0 Å². The topological polar surface area (TPSA) is 47.6 Å². The van der Waals surface area contributed by atoms with Crippen molar-refractivity contribution in [3.63, 3.8) is 0 Å². The largest absolute Gasteiger partial charge is 0.198 e. The molecule has 0 rings (SSSR count). The van der Waals surface area contributed by atoms with Gasteiger partial charge in [0.15, 0.2) is 0 Å². The Morgan fingerprint density at radius 2 is 2.22 bits per heavy atom. The Kier molecular flexibility index (Phi) is 4.54. The minimum absolute atomic E-state index is 0.0783. The van der Waals surface area contributed by atoms with Crippen LogP contribution in [0.25, 0.3) is 0 Å². The molecule has 1 unspecified atom stereocenters. The quantitative estimate of drug-likeness (QED) is 0.533. The molecule has 0 N–H and O–H groups in total. The molecule has 0 aliphatic rings. The molecular formula is C7H9N2. The first kappa shape index (κ1) is 7.98. The van der Waals surface area contributed by atoms with Crippen molar-refractivity contribution >= 4 is 0 Å². The van der Waals surface area contributed by atoms with Gasteiger partial charge in [-0.15, -0.1) is 0 Å². The molecule has 0 amide bonds.